The Morgan fingerprint density at radius 1 is 1.14 bits per heavy atom. The second kappa shape index (κ2) is 6.78. The molecule has 1 aromatic carbocycles. The van der Waals surface area contributed by atoms with E-state index in [1.807, 2.05) is 31.2 Å². The number of hydrogen-bond donors (Lipinski definition) is 0. The predicted octanol–water partition coefficient (Wildman–Crippen LogP) is 1.22. The minimum atomic E-state index is -0.460. The van der Waals surface area contributed by atoms with Crippen LogP contribution in [-0.4, -0.2) is 28.7 Å². The second-order valence-electron chi connectivity index (χ2n) is 6.45. The average molecular weight is 374 g/mol. The van der Waals surface area contributed by atoms with E-state index in [1.54, 1.807) is 18.5 Å². The minimum Gasteiger partial charge on any atom is -0.313 e. The van der Waals surface area contributed by atoms with Crippen LogP contribution in [0.3, 0.4) is 0 Å². The quantitative estimate of drug-likeness (QED) is 0.503. The Hall–Kier alpha value is -3.73. The molecule has 0 spiro atoms. The van der Waals surface area contributed by atoms with Crippen LogP contribution < -0.4 is 11.2 Å². The smallest absolute Gasteiger partial charge is 0.313 e. The molecule has 0 saturated heterocycles. The average Bonchev–Trinajstić information content (AvgIpc) is 3.12. The lowest BCUT2D eigenvalue weighted by molar-refractivity contribution is 0.633. The van der Waals surface area contributed by atoms with Gasteiger partial charge in [0.15, 0.2) is 11.2 Å². The molecule has 0 aliphatic rings. The molecular formula is C20H18N6O2. The molecule has 0 aliphatic carbocycles. The lowest BCUT2D eigenvalue weighted by Gasteiger charge is -2.10. The van der Waals surface area contributed by atoms with E-state index in [4.69, 9.17) is 0 Å². The minimum absolute atomic E-state index is 0.0161. The van der Waals surface area contributed by atoms with Crippen LogP contribution in [0.1, 0.15) is 18.4 Å². The summed E-state index contributed by atoms with van der Waals surface area (Å²) in [5.74, 6) is 6.12. The molecule has 4 aromatic rings. The van der Waals surface area contributed by atoms with Gasteiger partial charge in [0.25, 0.3) is 5.56 Å². The third-order valence-corrected chi connectivity index (χ3v) is 4.67. The van der Waals surface area contributed by atoms with Crippen molar-refractivity contribution in [2.75, 3.05) is 0 Å². The number of hydrogen-bond acceptors (Lipinski definition) is 5. The molecule has 0 aliphatic heterocycles. The van der Waals surface area contributed by atoms with Gasteiger partial charge < -0.3 is 4.57 Å². The van der Waals surface area contributed by atoms with Gasteiger partial charge in [0, 0.05) is 18.1 Å². The number of para-hydroxylation sites is 1. The molecule has 0 bridgehead atoms. The van der Waals surface area contributed by atoms with Crippen molar-refractivity contribution in [1.82, 2.24) is 28.7 Å². The molecule has 8 heteroatoms. The molecule has 3 heterocycles. The van der Waals surface area contributed by atoms with Gasteiger partial charge in [0.05, 0.1) is 24.9 Å². The summed E-state index contributed by atoms with van der Waals surface area (Å²) >= 11 is 0. The summed E-state index contributed by atoms with van der Waals surface area (Å²) in [5, 5.41) is 0.943. The van der Waals surface area contributed by atoms with Crippen molar-refractivity contribution in [2.45, 2.75) is 26.9 Å². The lowest BCUT2D eigenvalue weighted by atomic mass is 10.2. The number of benzene rings is 1. The van der Waals surface area contributed by atoms with Crippen LogP contribution in [0.15, 0.2) is 40.2 Å². The van der Waals surface area contributed by atoms with Gasteiger partial charge in [-0.15, -0.1) is 5.92 Å². The van der Waals surface area contributed by atoms with Crippen molar-refractivity contribution in [1.29, 1.82) is 0 Å². The Bertz CT molecular complexity index is 1400. The van der Waals surface area contributed by atoms with Crippen molar-refractivity contribution >= 4 is 22.1 Å². The zero-order valence-electron chi connectivity index (χ0n) is 15.8. The van der Waals surface area contributed by atoms with Crippen LogP contribution >= 0.6 is 0 Å². The van der Waals surface area contributed by atoms with E-state index in [0.717, 1.165) is 21.2 Å². The largest absolute Gasteiger partial charge is 0.332 e. The van der Waals surface area contributed by atoms with Gasteiger partial charge in [-0.3, -0.25) is 13.9 Å². The summed E-state index contributed by atoms with van der Waals surface area (Å²) in [6.07, 6.45) is 1.52. The van der Waals surface area contributed by atoms with Gasteiger partial charge in [-0.25, -0.2) is 19.7 Å². The SMILES string of the molecule is CC#CCn1cnc2c1c(=O)n(Cc1nc(C)c3ccccc3n1)c(=O)n2C. The third kappa shape index (κ3) is 2.77. The maximum atomic E-state index is 13.1. The van der Waals surface area contributed by atoms with Gasteiger partial charge in [0.1, 0.15) is 5.82 Å². The van der Waals surface area contributed by atoms with Gasteiger partial charge in [-0.2, -0.15) is 0 Å². The van der Waals surface area contributed by atoms with E-state index in [-0.39, 0.29) is 6.54 Å². The second-order valence-corrected chi connectivity index (χ2v) is 6.45. The predicted molar refractivity (Wildman–Crippen MR) is 106 cm³/mol. The summed E-state index contributed by atoms with van der Waals surface area (Å²) in [4.78, 5) is 39.1. The molecular weight excluding hydrogens is 356 g/mol. The maximum absolute atomic E-state index is 13.1. The van der Waals surface area contributed by atoms with Crippen LogP contribution in [0, 0.1) is 18.8 Å². The highest BCUT2D eigenvalue weighted by Crippen LogP contribution is 2.15. The van der Waals surface area contributed by atoms with Crippen LogP contribution in [0.2, 0.25) is 0 Å². The first kappa shape index (κ1) is 17.7. The van der Waals surface area contributed by atoms with E-state index in [2.05, 4.69) is 26.8 Å². The van der Waals surface area contributed by atoms with Gasteiger partial charge in [-0.1, -0.05) is 24.1 Å². The molecule has 0 atom stereocenters. The molecule has 0 saturated carbocycles. The molecule has 8 nitrogen and oxygen atoms in total. The van der Waals surface area contributed by atoms with E-state index >= 15 is 0 Å². The standard InChI is InChI=1S/C20H18N6O2/c1-4-5-10-25-12-21-18-17(25)19(27)26(20(28)24(18)3)11-16-22-13(2)14-8-6-7-9-15(14)23-16/h6-9,12H,10-11H2,1-3H3. The normalized spacial score (nSPS) is 11.0. The molecule has 0 radical (unpaired) electrons. The van der Waals surface area contributed by atoms with Crippen LogP contribution in [0.25, 0.3) is 22.1 Å². The first-order chi connectivity index (χ1) is 13.5. The summed E-state index contributed by atoms with van der Waals surface area (Å²) < 4.78 is 4.15. The highest BCUT2D eigenvalue weighted by Gasteiger charge is 2.17. The highest BCUT2D eigenvalue weighted by atomic mass is 16.2. The fraction of sp³-hybridized carbons (Fsp3) is 0.250. The molecule has 140 valence electrons. The third-order valence-electron chi connectivity index (χ3n) is 4.67. The lowest BCUT2D eigenvalue weighted by Crippen LogP contribution is -2.40. The van der Waals surface area contributed by atoms with Gasteiger partial charge in [-0.05, 0) is 19.9 Å². The molecule has 3 aromatic heterocycles. The summed E-state index contributed by atoms with van der Waals surface area (Å²) in [5.41, 5.74) is 1.36. The van der Waals surface area contributed by atoms with Crippen LogP contribution in [0.5, 0.6) is 0 Å². The first-order valence-electron chi connectivity index (χ1n) is 8.77. The zero-order valence-corrected chi connectivity index (χ0v) is 15.8. The fourth-order valence-electron chi connectivity index (χ4n) is 3.25. The maximum Gasteiger partial charge on any atom is 0.332 e. The van der Waals surface area contributed by atoms with Crippen molar-refractivity contribution in [2.24, 2.45) is 7.05 Å². The Balaban J connectivity index is 1.90. The van der Waals surface area contributed by atoms with Crippen molar-refractivity contribution in [3.8, 4) is 11.8 Å². The zero-order chi connectivity index (χ0) is 19.8. The summed E-state index contributed by atoms with van der Waals surface area (Å²) in [7, 11) is 1.59. The number of aromatic nitrogens is 6. The fourth-order valence-corrected chi connectivity index (χ4v) is 3.25. The number of imidazole rings is 1. The van der Waals surface area contributed by atoms with Crippen molar-refractivity contribution in [3.05, 3.63) is 62.9 Å². The topological polar surface area (TPSA) is 87.6 Å². The molecule has 28 heavy (non-hydrogen) atoms. The van der Waals surface area contributed by atoms with Crippen LogP contribution in [-0.2, 0) is 20.1 Å². The monoisotopic (exact) mass is 374 g/mol. The van der Waals surface area contributed by atoms with Gasteiger partial charge in [0.2, 0.25) is 0 Å². The Morgan fingerprint density at radius 3 is 2.71 bits per heavy atom. The first-order valence-corrected chi connectivity index (χ1v) is 8.77. The summed E-state index contributed by atoms with van der Waals surface area (Å²) in [6, 6.07) is 7.64. The molecule has 4 rings (SSSR count). The number of rotatable bonds is 3. The highest BCUT2D eigenvalue weighted by molar-refractivity contribution is 5.80. The molecule has 0 unspecified atom stereocenters. The van der Waals surface area contributed by atoms with Crippen molar-refractivity contribution < 1.29 is 0 Å². The van der Waals surface area contributed by atoms with Gasteiger partial charge >= 0.3 is 5.69 Å². The molecule has 0 N–H and O–H groups in total. The van der Waals surface area contributed by atoms with Crippen LogP contribution in [0.4, 0.5) is 0 Å². The number of nitrogens with zero attached hydrogens (tertiary/aromatic N) is 6. The number of aryl methyl sites for hydroxylation is 2. The molecule has 0 amide bonds. The molecule has 0 fully saturated rings. The van der Waals surface area contributed by atoms with Crippen molar-refractivity contribution in [3.63, 3.8) is 0 Å². The summed E-state index contributed by atoms with van der Waals surface area (Å²) in [6.45, 7) is 3.92. The van der Waals surface area contributed by atoms with E-state index in [0.29, 0.717) is 23.5 Å². The van der Waals surface area contributed by atoms with E-state index in [9.17, 15) is 9.59 Å². The Morgan fingerprint density at radius 2 is 1.93 bits per heavy atom. The van der Waals surface area contributed by atoms with E-state index in [1.165, 1.54) is 10.9 Å². The van der Waals surface area contributed by atoms with E-state index < -0.39 is 11.2 Å². The number of fused-ring (bicyclic) bond motifs is 2. The Kier molecular flexibility index (Phi) is 4.28. The Labute approximate surface area is 160 Å².